The molecule has 0 saturated heterocycles. The normalized spacial score (nSPS) is 31.1. The average Bonchev–Trinajstić information content (AvgIpc) is 3.16. The quantitative estimate of drug-likeness (QED) is 0.490. The van der Waals surface area contributed by atoms with E-state index in [0.717, 1.165) is 0 Å². The van der Waals surface area contributed by atoms with Gasteiger partial charge < -0.3 is 5.32 Å². The second-order valence-electron chi connectivity index (χ2n) is 5.20. The van der Waals surface area contributed by atoms with Crippen LogP contribution in [0.15, 0.2) is 12.7 Å². The summed E-state index contributed by atoms with van der Waals surface area (Å²) in [6.07, 6.45) is 3.47. The Kier molecular flexibility index (Phi) is 3.18. The highest BCUT2D eigenvalue weighted by Crippen LogP contribution is 2.44. The zero-order valence-electron chi connectivity index (χ0n) is 10.5. The molecule has 2 rings (SSSR count). The zero-order valence-corrected chi connectivity index (χ0v) is 11.3. The second kappa shape index (κ2) is 4.31. The second-order valence-corrected chi connectivity index (χ2v) is 6.48. The Morgan fingerprint density at radius 3 is 2.53 bits per heavy atom. The summed E-state index contributed by atoms with van der Waals surface area (Å²) >= 11 is 0. The molecule has 2 N–H and O–H groups in total. The van der Waals surface area contributed by atoms with Crippen molar-refractivity contribution >= 4 is 22.6 Å². The molecule has 0 bridgehead atoms. The first-order valence-corrected chi connectivity index (χ1v) is 7.29. The van der Waals surface area contributed by atoms with E-state index in [1.54, 1.807) is 6.92 Å². The van der Waals surface area contributed by atoms with Gasteiger partial charge in [-0.3, -0.25) is 9.59 Å². The molecule has 19 heavy (non-hydrogen) atoms. The number of nitrogens with one attached hydrogen (secondary N) is 2. The monoisotopic (exact) mass is 288 g/mol. The summed E-state index contributed by atoms with van der Waals surface area (Å²) in [5.74, 6) is -1.07. The van der Waals surface area contributed by atoms with Crippen LogP contribution in [-0.2, 0) is 24.1 Å². The predicted molar refractivity (Wildman–Crippen MR) is 66.0 cm³/mol. The minimum atomic E-state index is -4.16. The molecule has 0 spiro atoms. The largest absolute Gasteiger partial charge is 0.362 e. The first-order chi connectivity index (χ1) is 8.77. The average molecular weight is 288 g/mol. The van der Waals surface area contributed by atoms with Gasteiger partial charge in [0, 0.05) is 5.92 Å². The summed E-state index contributed by atoms with van der Waals surface area (Å²) in [4.78, 5) is 22.5. The maximum absolute atomic E-state index is 12.0. The molecule has 2 amide bonds. The molecule has 2 saturated carbocycles. The van der Waals surface area contributed by atoms with E-state index in [4.69, 9.17) is 4.18 Å². The maximum atomic E-state index is 12.0. The van der Waals surface area contributed by atoms with Crippen molar-refractivity contribution in [1.29, 1.82) is 0 Å². The molecule has 0 heterocycles. The summed E-state index contributed by atoms with van der Waals surface area (Å²) in [5, 5.41) is 2.35. The lowest BCUT2D eigenvalue weighted by Gasteiger charge is -2.17. The minimum Gasteiger partial charge on any atom is -0.344 e. The van der Waals surface area contributed by atoms with Gasteiger partial charge >= 0.3 is 10.3 Å². The Morgan fingerprint density at radius 2 is 2.11 bits per heavy atom. The van der Waals surface area contributed by atoms with Gasteiger partial charge in [-0.1, -0.05) is 6.08 Å². The molecule has 1 unspecified atom stereocenters. The lowest BCUT2D eigenvalue weighted by Crippen LogP contribution is -2.50. The van der Waals surface area contributed by atoms with Crippen LogP contribution in [0.4, 0.5) is 0 Å². The smallest absolute Gasteiger partial charge is 0.344 e. The number of rotatable bonds is 7. The minimum absolute atomic E-state index is 0.274. The van der Waals surface area contributed by atoms with Crippen LogP contribution in [0.5, 0.6) is 0 Å². The molecule has 2 aliphatic rings. The molecular formula is C11H16N2O5S. The van der Waals surface area contributed by atoms with Crippen LogP contribution in [0.1, 0.15) is 26.2 Å². The fraction of sp³-hybridized carbons (Fsp3) is 0.636. The number of amides is 2. The highest BCUT2D eigenvalue weighted by molar-refractivity contribution is 7.85. The van der Waals surface area contributed by atoms with Crippen molar-refractivity contribution in [3.63, 3.8) is 0 Å². The van der Waals surface area contributed by atoms with E-state index in [0.29, 0.717) is 25.7 Å². The fourth-order valence-corrected chi connectivity index (χ4v) is 3.07. The SMILES string of the molecule is C=CC1C[C@]1(NC=O)C(=O)NS(=O)(=O)OC1(C)CC1. The Labute approximate surface area is 111 Å². The first kappa shape index (κ1) is 14.0. The van der Waals surface area contributed by atoms with E-state index in [-0.39, 0.29) is 5.92 Å². The third-order valence-corrected chi connectivity index (χ3v) is 4.56. The lowest BCUT2D eigenvalue weighted by molar-refractivity contribution is -0.125. The first-order valence-electron chi connectivity index (χ1n) is 5.89. The molecule has 0 aromatic heterocycles. The summed E-state index contributed by atoms with van der Waals surface area (Å²) in [6, 6.07) is 0. The van der Waals surface area contributed by atoms with Crippen molar-refractivity contribution in [2.75, 3.05) is 0 Å². The van der Waals surface area contributed by atoms with E-state index in [1.807, 2.05) is 4.72 Å². The molecule has 0 radical (unpaired) electrons. The molecule has 2 atom stereocenters. The Bertz CT molecular complexity index is 525. The molecule has 2 fully saturated rings. The van der Waals surface area contributed by atoms with Gasteiger partial charge in [0.25, 0.3) is 5.91 Å². The van der Waals surface area contributed by atoms with Gasteiger partial charge in [0.15, 0.2) is 0 Å². The number of carbonyl (C=O) groups is 2. The summed E-state index contributed by atoms with van der Waals surface area (Å²) in [5.41, 5.74) is -1.93. The topological polar surface area (TPSA) is 102 Å². The van der Waals surface area contributed by atoms with E-state index >= 15 is 0 Å². The van der Waals surface area contributed by atoms with Gasteiger partial charge in [-0.25, -0.2) is 8.91 Å². The van der Waals surface area contributed by atoms with Crippen LogP contribution < -0.4 is 10.0 Å². The van der Waals surface area contributed by atoms with Gasteiger partial charge in [0.1, 0.15) is 5.54 Å². The van der Waals surface area contributed by atoms with Crippen molar-refractivity contribution in [2.24, 2.45) is 5.92 Å². The summed E-state index contributed by atoms with van der Waals surface area (Å²) in [6.45, 7) is 5.18. The van der Waals surface area contributed by atoms with Crippen LogP contribution in [0.2, 0.25) is 0 Å². The van der Waals surface area contributed by atoms with Crippen molar-refractivity contribution in [3.8, 4) is 0 Å². The number of hydrogen-bond acceptors (Lipinski definition) is 5. The van der Waals surface area contributed by atoms with Crippen LogP contribution in [0.25, 0.3) is 0 Å². The third kappa shape index (κ3) is 2.79. The Hall–Kier alpha value is -1.41. The van der Waals surface area contributed by atoms with Gasteiger partial charge in [-0.15, -0.1) is 6.58 Å². The Morgan fingerprint density at radius 1 is 1.47 bits per heavy atom. The van der Waals surface area contributed by atoms with Gasteiger partial charge in [0.05, 0.1) is 5.60 Å². The van der Waals surface area contributed by atoms with Crippen molar-refractivity contribution in [2.45, 2.75) is 37.3 Å². The fourth-order valence-electron chi connectivity index (χ4n) is 1.92. The molecule has 2 aliphatic carbocycles. The van der Waals surface area contributed by atoms with Crippen LogP contribution in [0.3, 0.4) is 0 Å². The van der Waals surface area contributed by atoms with Crippen LogP contribution >= 0.6 is 0 Å². The van der Waals surface area contributed by atoms with E-state index in [2.05, 4.69) is 11.9 Å². The molecule has 0 aromatic carbocycles. The molecule has 106 valence electrons. The van der Waals surface area contributed by atoms with Crippen LogP contribution in [-0.4, -0.2) is 31.9 Å². The molecule has 0 aromatic rings. The summed E-state index contributed by atoms with van der Waals surface area (Å²) < 4.78 is 30.1. The Balaban J connectivity index is 2.04. The van der Waals surface area contributed by atoms with Gasteiger partial charge in [-0.2, -0.15) is 8.42 Å². The van der Waals surface area contributed by atoms with Crippen LogP contribution in [0, 0.1) is 5.92 Å². The molecular weight excluding hydrogens is 272 g/mol. The molecule has 8 heteroatoms. The molecule has 7 nitrogen and oxygen atoms in total. The van der Waals surface area contributed by atoms with Gasteiger partial charge in [-0.05, 0) is 26.2 Å². The van der Waals surface area contributed by atoms with Gasteiger partial charge in [0.2, 0.25) is 6.41 Å². The maximum Gasteiger partial charge on any atom is 0.362 e. The van der Waals surface area contributed by atoms with Crippen molar-refractivity contribution in [3.05, 3.63) is 12.7 Å². The highest BCUT2D eigenvalue weighted by atomic mass is 32.2. The predicted octanol–water partition coefficient (Wildman–Crippen LogP) is -0.393. The standard InChI is InChI=1S/C11H16N2O5S/c1-3-8-6-11(8,12-7-14)9(15)13-19(16,17)18-10(2)4-5-10/h3,7-8H,1,4-6H2,2H3,(H,12,14)(H,13,15)/t8?,11-/m1/s1. The molecule has 0 aliphatic heterocycles. The summed E-state index contributed by atoms with van der Waals surface area (Å²) in [7, 11) is -4.16. The van der Waals surface area contributed by atoms with Crippen molar-refractivity contribution in [1.82, 2.24) is 10.0 Å². The van der Waals surface area contributed by atoms with E-state index in [1.165, 1.54) is 6.08 Å². The van der Waals surface area contributed by atoms with Crippen molar-refractivity contribution < 1.29 is 22.2 Å². The third-order valence-electron chi connectivity index (χ3n) is 3.50. The lowest BCUT2D eigenvalue weighted by atomic mass is 10.2. The van der Waals surface area contributed by atoms with E-state index in [9.17, 15) is 18.0 Å². The number of hydrogen-bond donors (Lipinski definition) is 2. The highest BCUT2D eigenvalue weighted by Gasteiger charge is 2.59. The zero-order chi connectivity index (χ0) is 14.3. The number of carbonyl (C=O) groups excluding carboxylic acids is 2. The van der Waals surface area contributed by atoms with E-state index < -0.39 is 27.4 Å².